The van der Waals surface area contributed by atoms with Crippen LogP contribution in [0.15, 0.2) is 46.8 Å². The normalized spacial score (nSPS) is 20.9. The number of halogens is 1. The number of piperidine rings is 1. The van der Waals surface area contributed by atoms with Gasteiger partial charge in [0.1, 0.15) is 5.82 Å². The highest BCUT2D eigenvalue weighted by molar-refractivity contribution is 7.10. The predicted molar refractivity (Wildman–Crippen MR) is 116 cm³/mol. The zero-order valence-corrected chi connectivity index (χ0v) is 17.6. The van der Waals surface area contributed by atoms with Gasteiger partial charge in [0.2, 0.25) is 0 Å². The van der Waals surface area contributed by atoms with Gasteiger partial charge in [-0.2, -0.15) is 0 Å². The van der Waals surface area contributed by atoms with Gasteiger partial charge in [0.25, 0.3) is 0 Å². The lowest BCUT2D eigenvalue weighted by Crippen LogP contribution is -2.45. The summed E-state index contributed by atoms with van der Waals surface area (Å²) < 4.78 is 13.2. The van der Waals surface area contributed by atoms with Crippen molar-refractivity contribution in [3.63, 3.8) is 0 Å². The van der Waals surface area contributed by atoms with E-state index in [0.29, 0.717) is 12.0 Å². The van der Waals surface area contributed by atoms with E-state index in [1.807, 2.05) is 24.5 Å². The molecule has 0 spiro atoms. The minimum absolute atomic E-state index is 0.166. The molecule has 2 heterocycles. The molecule has 1 aliphatic rings. The smallest absolute Gasteiger partial charge is 0.190 e. The number of likely N-dealkylation sites (tertiary alicyclic amines) is 1. The number of hydrogen-bond donors (Lipinski definition) is 2. The molecule has 0 radical (unpaired) electrons. The first kappa shape index (κ1) is 20.8. The average molecular weight is 403 g/mol. The molecule has 6 heteroatoms. The zero-order chi connectivity index (χ0) is 19.8. The summed E-state index contributed by atoms with van der Waals surface area (Å²) in [6, 6.07) is 11.7. The van der Waals surface area contributed by atoms with Crippen LogP contribution < -0.4 is 10.6 Å². The lowest BCUT2D eigenvalue weighted by molar-refractivity contribution is 0.125. The van der Waals surface area contributed by atoms with Crippen molar-refractivity contribution in [3.8, 4) is 0 Å². The minimum atomic E-state index is -0.166. The van der Waals surface area contributed by atoms with Gasteiger partial charge in [-0.1, -0.05) is 18.2 Å². The van der Waals surface area contributed by atoms with Crippen molar-refractivity contribution >= 4 is 17.3 Å². The van der Waals surface area contributed by atoms with Gasteiger partial charge in [0.15, 0.2) is 5.96 Å². The van der Waals surface area contributed by atoms with Crippen LogP contribution in [-0.4, -0.2) is 44.6 Å². The van der Waals surface area contributed by atoms with E-state index >= 15 is 0 Å². The topological polar surface area (TPSA) is 39.7 Å². The summed E-state index contributed by atoms with van der Waals surface area (Å²) in [7, 11) is 4.04. The van der Waals surface area contributed by atoms with Crippen molar-refractivity contribution in [1.29, 1.82) is 0 Å². The Hall–Kier alpha value is -1.92. The van der Waals surface area contributed by atoms with Gasteiger partial charge in [-0.3, -0.25) is 9.89 Å². The van der Waals surface area contributed by atoms with E-state index in [9.17, 15) is 4.39 Å². The molecule has 4 nitrogen and oxygen atoms in total. The fourth-order valence-electron chi connectivity index (χ4n) is 4.02. The molecule has 1 aromatic carbocycles. The lowest BCUT2D eigenvalue weighted by atomic mass is 9.88. The molecule has 1 aromatic heterocycles. The number of benzene rings is 1. The van der Waals surface area contributed by atoms with Gasteiger partial charge >= 0.3 is 0 Å². The second kappa shape index (κ2) is 10.6. The van der Waals surface area contributed by atoms with Crippen LogP contribution in [0.5, 0.6) is 0 Å². The Balaban J connectivity index is 1.45. The molecule has 0 amide bonds. The Morgan fingerprint density at radius 1 is 1.29 bits per heavy atom. The quantitative estimate of drug-likeness (QED) is 0.417. The van der Waals surface area contributed by atoms with Gasteiger partial charge < -0.3 is 10.6 Å². The number of nitrogens with one attached hydrogen (secondary N) is 2. The first-order chi connectivity index (χ1) is 13.7. The SMILES string of the molecule is CN=C(NCCCc1cccc(F)c1)NCC1CCCN(C)C1c1cccs1. The molecule has 0 saturated carbocycles. The molecule has 3 rings (SSSR count). The third-order valence-electron chi connectivity index (χ3n) is 5.42. The molecular formula is C22H31FN4S. The number of aliphatic imine (C=N–C) groups is 1. The number of aryl methyl sites for hydroxylation is 1. The number of nitrogens with zero attached hydrogens (tertiary/aromatic N) is 2. The van der Waals surface area contributed by atoms with Crippen molar-refractivity contribution in [3.05, 3.63) is 58.0 Å². The zero-order valence-electron chi connectivity index (χ0n) is 16.8. The molecular weight excluding hydrogens is 371 g/mol. The van der Waals surface area contributed by atoms with Crippen LogP contribution in [0.2, 0.25) is 0 Å². The molecule has 2 N–H and O–H groups in total. The van der Waals surface area contributed by atoms with Crippen molar-refractivity contribution in [2.24, 2.45) is 10.9 Å². The highest BCUT2D eigenvalue weighted by Gasteiger charge is 2.31. The molecule has 2 atom stereocenters. The lowest BCUT2D eigenvalue weighted by Gasteiger charge is -2.39. The van der Waals surface area contributed by atoms with E-state index in [0.717, 1.165) is 44.0 Å². The maximum atomic E-state index is 13.2. The summed E-state index contributed by atoms with van der Waals surface area (Å²) in [6.45, 7) is 2.89. The van der Waals surface area contributed by atoms with Crippen LogP contribution in [0.1, 0.15) is 35.7 Å². The summed E-state index contributed by atoms with van der Waals surface area (Å²) in [4.78, 5) is 8.30. The van der Waals surface area contributed by atoms with Gasteiger partial charge in [0, 0.05) is 31.1 Å². The Labute approximate surface area is 171 Å². The molecule has 152 valence electrons. The van der Waals surface area contributed by atoms with Crippen LogP contribution in [0.3, 0.4) is 0 Å². The van der Waals surface area contributed by atoms with E-state index < -0.39 is 0 Å². The van der Waals surface area contributed by atoms with Crippen LogP contribution in [-0.2, 0) is 6.42 Å². The Kier molecular flexibility index (Phi) is 7.86. The van der Waals surface area contributed by atoms with E-state index in [-0.39, 0.29) is 5.82 Å². The number of rotatable bonds is 7. The maximum Gasteiger partial charge on any atom is 0.190 e. The molecule has 1 saturated heterocycles. The Morgan fingerprint density at radius 3 is 2.93 bits per heavy atom. The van der Waals surface area contributed by atoms with Crippen LogP contribution in [0, 0.1) is 11.7 Å². The third kappa shape index (κ3) is 5.79. The predicted octanol–water partition coefficient (Wildman–Crippen LogP) is 4.07. The molecule has 2 unspecified atom stereocenters. The first-order valence-electron chi connectivity index (χ1n) is 10.1. The summed E-state index contributed by atoms with van der Waals surface area (Å²) in [6.07, 6.45) is 4.27. The van der Waals surface area contributed by atoms with Crippen LogP contribution in [0.4, 0.5) is 4.39 Å². The number of hydrogen-bond acceptors (Lipinski definition) is 3. The first-order valence-corrected chi connectivity index (χ1v) is 11.0. The van der Waals surface area contributed by atoms with Crippen LogP contribution >= 0.6 is 11.3 Å². The van der Waals surface area contributed by atoms with Crippen molar-refractivity contribution < 1.29 is 4.39 Å². The monoisotopic (exact) mass is 402 g/mol. The third-order valence-corrected chi connectivity index (χ3v) is 6.36. The summed E-state index contributed by atoms with van der Waals surface area (Å²) in [5, 5.41) is 9.07. The fourth-order valence-corrected chi connectivity index (χ4v) is 5.01. The van der Waals surface area contributed by atoms with Gasteiger partial charge in [-0.25, -0.2) is 4.39 Å². The molecule has 0 bridgehead atoms. The van der Waals surface area contributed by atoms with E-state index in [2.05, 4.69) is 45.1 Å². The fraction of sp³-hybridized carbons (Fsp3) is 0.500. The van der Waals surface area contributed by atoms with Gasteiger partial charge in [-0.05, 0) is 74.3 Å². The van der Waals surface area contributed by atoms with Crippen LogP contribution in [0.25, 0.3) is 0 Å². The molecule has 28 heavy (non-hydrogen) atoms. The van der Waals surface area contributed by atoms with E-state index in [1.165, 1.54) is 23.8 Å². The minimum Gasteiger partial charge on any atom is -0.356 e. The van der Waals surface area contributed by atoms with Crippen molar-refractivity contribution in [1.82, 2.24) is 15.5 Å². The Morgan fingerprint density at radius 2 is 2.18 bits per heavy atom. The standard InChI is InChI=1S/C22H31FN4S/c1-24-22(25-12-4-8-17-7-3-10-19(23)15-17)26-16-18-9-5-13-27(2)21(18)20-11-6-14-28-20/h3,6-7,10-11,14-15,18,21H,4-5,8-9,12-13,16H2,1-2H3,(H2,24,25,26). The summed E-state index contributed by atoms with van der Waals surface area (Å²) >= 11 is 1.85. The maximum absolute atomic E-state index is 13.2. The van der Waals surface area contributed by atoms with E-state index in [4.69, 9.17) is 0 Å². The van der Waals surface area contributed by atoms with Crippen molar-refractivity contribution in [2.75, 3.05) is 33.7 Å². The highest BCUT2D eigenvalue weighted by atomic mass is 32.1. The molecule has 2 aromatic rings. The molecule has 1 aliphatic heterocycles. The molecule has 0 aliphatic carbocycles. The second-order valence-corrected chi connectivity index (χ2v) is 8.44. The molecule has 1 fully saturated rings. The van der Waals surface area contributed by atoms with E-state index in [1.54, 1.807) is 12.1 Å². The average Bonchev–Trinajstić information content (AvgIpc) is 3.22. The summed E-state index contributed by atoms with van der Waals surface area (Å²) in [5.41, 5.74) is 1.04. The van der Waals surface area contributed by atoms with Gasteiger partial charge in [0.05, 0.1) is 0 Å². The number of thiophene rings is 1. The Bertz CT molecular complexity index is 747. The number of guanidine groups is 1. The van der Waals surface area contributed by atoms with Gasteiger partial charge in [-0.15, -0.1) is 11.3 Å². The largest absolute Gasteiger partial charge is 0.356 e. The van der Waals surface area contributed by atoms with Crippen molar-refractivity contribution in [2.45, 2.75) is 31.7 Å². The highest BCUT2D eigenvalue weighted by Crippen LogP contribution is 2.36. The summed E-state index contributed by atoms with van der Waals surface area (Å²) in [5.74, 6) is 1.25. The second-order valence-electron chi connectivity index (χ2n) is 7.46.